The zero-order chi connectivity index (χ0) is 21.8. The van der Waals surface area contributed by atoms with E-state index in [-0.39, 0.29) is 25.5 Å². The van der Waals surface area contributed by atoms with Crippen LogP contribution >= 0.6 is 0 Å². The predicted molar refractivity (Wildman–Crippen MR) is 112 cm³/mol. The summed E-state index contributed by atoms with van der Waals surface area (Å²) in [4.78, 5) is 35.3. The lowest BCUT2D eigenvalue weighted by Crippen LogP contribution is -2.48. The van der Waals surface area contributed by atoms with E-state index in [1.165, 1.54) is 0 Å². The van der Waals surface area contributed by atoms with Crippen LogP contribution in [0.25, 0.3) is 11.1 Å². The fourth-order valence-electron chi connectivity index (χ4n) is 4.18. The second-order valence-electron chi connectivity index (χ2n) is 7.59. The number of amides is 2. The van der Waals surface area contributed by atoms with E-state index in [4.69, 9.17) is 14.6 Å². The Balaban J connectivity index is 1.34. The van der Waals surface area contributed by atoms with Crippen LogP contribution in [0.3, 0.4) is 0 Å². The molecular formula is C23H24N2O6. The molecule has 2 amide bonds. The predicted octanol–water partition coefficient (Wildman–Crippen LogP) is 2.27. The molecule has 1 aliphatic heterocycles. The molecular weight excluding hydrogens is 400 g/mol. The minimum Gasteiger partial charge on any atom is -0.481 e. The Labute approximate surface area is 179 Å². The third-order valence-electron chi connectivity index (χ3n) is 5.64. The third-order valence-corrected chi connectivity index (χ3v) is 5.64. The smallest absolute Gasteiger partial charge is 0.407 e. The van der Waals surface area contributed by atoms with Gasteiger partial charge in [0, 0.05) is 19.1 Å². The zero-order valence-corrected chi connectivity index (χ0v) is 16.9. The van der Waals surface area contributed by atoms with Gasteiger partial charge >= 0.3 is 12.1 Å². The van der Waals surface area contributed by atoms with E-state index in [1.54, 1.807) is 0 Å². The van der Waals surface area contributed by atoms with Gasteiger partial charge in [0.25, 0.3) is 5.91 Å². The molecule has 0 saturated carbocycles. The fourth-order valence-corrected chi connectivity index (χ4v) is 4.18. The minimum absolute atomic E-state index is 0.00565. The summed E-state index contributed by atoms with van der Waals surface area (Å²) in [7, 11) is 0. The van der Waals surface area contributed by atoms with E-state index in [0.717, 1.165) is 22.3 Å². The number of hydrogen-bond acceptors (Lipinski definition) is 5. The van der Waals surface area contributed by atoms with Gasteiger partial charge in [0.1, 0.15) is 6.61 Å². The highest BCUT2D eigenvalue weighted by Crippen LogP contribution is 2.44. The Morgan fingerprint density at radius 3 is 2.32 bits per heavy atom. The van der Waals surface area contributed by atoms with Crippen LogP contribution in [0.2, 0.25) is 0 Å². The summed E-state index contributed by atoms with van der Waals surface area (Å²) in [6.45, 7) is 0.514. The lowest BCUT2D eigenvalue weighted by atomic mass is 9.98. The number of carboxylic acid groups (broad SMARTS) is 1. The molecule has 3 N–H and O–H groups in total. The SMILES string of the molecule is O=C(O)CCNC(=O)[C@@H]1OCC[C@@H]1NC(=O)OCC1c2ccccc2-c2ccccc21. The Bertz CT molecular complexity index is 946. The van der Waals surface area contributed by atoms with Crippen molar-refractivity contribution in [2.75, 3.05) is 19.8 Å². The molecule has 31 heavy (non-hydrogen) atoms. The molecule has 1 saturated heterocycles. The maximum Gasteiger partial charge on any atom is 0.407 e. The minimum atomic E-state index is -0.999. The van der Waals surface area contributed by atoms with Gasteiger partial charge in [-0.25, -0.2) is 4.79 Å². The number of carbonyl (C=O) groups is 3. The molecule has 0 radical (unpaired) electrons. The van der Waals surface area contributed by atoms with Gasteiger partial charge in [-0.05, 0) is 28.7 Å². The van der Waals surface area contributed by atoms with E-state index in [2.05, 4.69) is 22.8 Å². The summed E-state index contributed by atoms with van der Waals surface area (Å²) in [6.07, 6.45) is -1.18. The average molecular weight is 424 g/mol. The molecule has 2 aromatic carbocycles. The third kappa shape index (κ3) is 4.54. The summed E-state index contributed by atoms with van der Waals surface area (Å²) in [5.74, 6) is -1.49. The topological polar surface area (TPSA) is 114 Å². The van der Waals surface area contributed by atoms with Crippen LogP contribution in [0, 0.1) is 0 Å². The lowest BCUT2D eigenvalue weighted by Gasteiger charge is -2.20. The first kappa shape index (κ1) is 20.9. The Kier molecular flexibility index (Phi) is 6.18. The number of fused-ring (bicyclic) bond motifs is 3. The molecule has 4 rings (SSSR count). The van der Waals surface area contributed by atoms with Crippen molar-refractivity contribution in [2.45, 2.75) is 30.9 Å². The van der Waals surface area contributed by atoms with Gasteiger partial charge in [-0.15, -0.1) is 0 Å². The van der Waals surface area contributed by atoms with Crippen molar-refractivity contribution < 1.29 is 29.0 Å². The molecule has 1 aliphatic carbocycles. The van der Waals surface area contributed by atoms with E-state index in [1.807, 2.05) is 36.4 Å². The second kappa shape index (κ2) is 9.18. The molecule has 162 valence electrons. The van der Waals surface area contributed by atoms with Crippen LogP contribution in [0.4, 0.5) is 4.79 Å². The number of aliphatic carboxylic acids is 1. The summed E-state index contributed by atoms with van der Waals surface area (Å²) in [5, 5.41) is 13.9. The Morgan fingerprint density at radius 1 is 1.03 bits per heavy atom. The lowest BCUT2D eigenvalue weighted by molar-refractivity contribution is -0.137. The van der Waals surface area contributed by atoms with Crippen molar-refractivity contribution in [1.82, 2.24) is 10.6 Å². The van der Waals surface area contributed by atoms with Crippen molar-refractivity contribution in [3.63, 3.8) is 0 Å². The molecule has 1 fully saturated rings. The maximum absolute atomic E-state index is 12.5. The highest BCUT2D eigenvalue weighted by molar-refractivity contribution is 5.83. The van der Waals surface area contributed by atoms with Gasteiger partial charge in [-0.2, -0.15) is 0 Å². The molecule has 2 aliphatic rings. The molecule has 0 aromatic heterocycles. The molecule has 2 aromatic rings. The van der Waals surface area contributed by atoms with Crippen LogP contribution in [-0.2, 0) is 19.1 Å². The fraction of sp³-hybridized carbons (Fsp3) is 0.348. The monoisotopic (exact) mass is 424 g/mol. The first-order valence-electron chi connectivity index (χ1n) is 10.3. The van der Waals surface area contributed by atoms with Crippen molar-refractivity contribution in [2.24, 2.45) is 0 Å². The Morgan fingerprint density at radius 2 is 1.68 bits per heavy atom. The van der Waals surface area contributed by atoms with Crippen LogP contribution in [0.5, 0.6) is 0 Å². The largest absolute Gasteiger partial charge is 0.481 e. The zero-order valence-electron chi connectivity index (χ0n) is 16.9. The molecule has 8 heteroatoms. The van der Waals surface area contributed by atoms with Crippen molar-refractivity contribution >= 4 is 18.0 Å². The Hall–Kier alpha value is -3.39. The number of nitrogens with one attached hydrogen (secondary N) is 2. The molecule has 2 atom stereocenters. The maximum atomic E-state index is 12.5. The van der Waals surface area contributed by atoms with E-state index in [0.29, 0.717) is 13.0 Å². The van der Waals surface area contributed by atoms with Crippen LogP contribution in [0.15, 0.2) is 48.5 Å². The second-order valence-corrected chi connectivity index (χ2v) is 7.59. The number of hydrogen-bond donors (Lipinski definition) is 3. The molecule has 8 nitrogen and oxygen atoms in total. The number of rotatable bonds is 7. The van der Waals surface area contributed by atoms with E-state index >= 15 is 0 Å². The average Bonchev–Trinajstić information content (AvgIpc) is 3.34. The van der Waals surface area contributed by atoms with Crippen molar-refractivity contribution in [1.29, 1.82) is 0 Å². The number of ether oxygens (including phenoxy) is 2. The quantitative estimate of drug-likeness (QED) is 0.628. The first-order valence-corrected chi connectivity index (χ1v) is 10.3. The molecule has 1 heterocycles. The summed E-state index contributed by atoms with van der Waals surface area (Å²) in [5.41, 5.74) is 4.54. The van der Waals surface area contributed by atoms with Crippen LogP contribution in [0.1, 0.15) is 29.9 Å². The van der Waals surface area contributed by atoms with Gasteiger partial charge < -0.3 is 25.2 Å². The highest BCUT2D eigenvalue weighted by Gasteiger charge is 2.36. The molecule has 0 spiro atoms. The number of carbonyl (C=O) groups excluding carboxylic acids is 2. The van der Waals surface area contributed by atoms with Gasteiger partial charge in [-0.1, -0.05) is 48.5 Å². The summed E-state index contributed by atoms with van der Waals surface area (Å²) >= 11 is 0. The highest BCUT2D eigenvalue weighted by atomic mass is 16.6. The summed E-state index contributed by atoms with van der Waals surface area (Å²) in [6, 6.07) is 15.6. The number of alkyl carbamates (subject to hydrolysis) is 1. The van der Waals surface area contributed by atoms with Gasteiger partial charge in [0.2, 0.25) is 0 Å². The van der Waals surface area contributed by atoms with Crippen molar-refractivity contribution in [3.8, 4) is 11.1 Å². The molecule has 0 unspecified atom stereocenters. The van der Waals surface area contributed by atoms with Gasteiger partial charge in [0.05, 0.1) is 12.5 Å². The number of benzene rings is 2. The normalized spacial score (nSPS) is 19.4. The van der Waals surface area contributed by atoms with Crippen molar-refractivity contribution in [3.05, 3.63) is 59.7 Å². The van der Waals surface area contributed by atoms with Gasteiger partial charge in [0.15, 0.2) is 6.10 Å². The van der Waals surface area contributed by atoms with E-state index < -0.39 is 30.1 Å². The van der Waals surface area contributed by atoms with E-state index in [9.17, 15) is 14.4 Å². The summed E-state index contributed by atoms with van der Waals surface area (Å²) < 4.78 is 11.0. The number of carboxylic acids is 1. The molecule has 0 bridgehead atoms. The van der Waals surface area contributed by atoms with Crippen LogP contribution in [-0.4, -0.2) is 55.0 Å². The van der Waals surface area contributed by atoms with Gasteiger partial charge in [-0.3, -0.25) is 9.59 Å². The van der Waals surface area contributed by atoms with Crippen LogP contribution < -0.4 is 10.6 Å². The standard InChI is InChI=1S/C23H24N2O6/c26-20(27)9-11-24-22(28)21-19(10-12-30-21)25-23(29)31-13-18-16-7-3-1-5-14(16)15-6-2-4-8-17(15)18/h1-8,18-19,21H,9-13H2,(H,24,28)(H,25,29)(H,26,27)/t19-,21+/m0/s1. The first-order chi connectivity index (χ1) is 15.0.